The van der Waals surface area contributed by atoms with E-state index in [9.17, 15) is 9.59 Å². The quantitative estimate of drug-likeness (QED) is 0.458. The lowest BCUT2D eigenvalue weighted by atomic mass is 10.1. The van der Waals surface area contributed by atoms with Crippen LogP contribution in [-0.2, 0) is 6.54 Å². The van der Waals surface area contributed by atoms with E-state index in [1.165, 1.54) is 17.4 Å². The van der Waals surface area contributed by atoms with Gasteiger partial charge in [0.2, 0.25) is 0 Å². The molecule has 1 aliphatic heterocycles. The van der Waals surface area contributed by atoms with Crippen LogP contribution in [0.15, 0.2) is 64.6 Å². The van der Waals surface area contributed by atoms with E-state index in [0.717, 1.165) is 10.2 Å². The number of carbonyl (C=O) groups excluding carboxylic acids is 2. The van der Waals surface area contributed by atoms with Gasteiger partial charge in [-0.1, -0.05) is 24.3 Å². The number of hydrogen-bond acceptors (Lipinski definition) is 4. The molecular formula is C25H25N3O3S. The van der Waals surface area contributed by atoms with Gasteiger partial charge in [0.15, 0.2) is 5.76 Å². The molecule has 0 bridgehead atoms. The van der Waals surface area contributed by atoms with Crippen molar-refractivity contribution < 1.29 is 14.0 Å². The Kier molecular flexibility index (Phi) is 5.35. The molecule has 0 spiro atoms. The molecule has 1 fully saturated rings. The number of carbonyl (C=O) groups is 2. The van der Waals surface area contributed by atoms with E-state index in [1.54, 1.807) is 28.4 Å². The molecule has 1 aliphatic rings. The lowest BCUT2D eigenvalue weighted by Crippen LogP contribution is -2.55. The second-order valence-corrected chi connectivity index (χ2v) is 9.19. The van der Waals surface area contributed by atoms with Crippen LogP contribution in [0.1, 0.15) is 39.1 Å². The van der Waals surface area contributed by atoms with Gasteiger partial charge in [0.1, 0.15) is 10.5 Å². The average molecular weight is 448 g/mol. The van der Waals surface area contributed by atoms with Crippen LogP contribution in [0.5, 0.6) is 0 Å². The Morgan fingerprint density at radius 1 is 1.09 bits per heavy atom. The van der Waals surface area contributed by atoms with Gasteiger partial charge in [-0.15, -0.1) is 11.3 Å². The normalized spacial score (nSPS) is 16.6. The van der Waals surface area contributed by atoms with Crippen LogP contribution in [-0.4, -0.2) is 51.9 Å². The Hall–Kier alpha value is -3.32. The third-order valence-electron chi connectivity index (χ3n) is 6.22. The van der Waals surface area contributed by atoms with Crippen LogP contribution < -0.4 is 0 Å². The number of nitrogens with zero attached hydrogens (tertiary/aromatic N) is 3. The average Bonchev–Trinajstić information content (AvgIpc) is 3.53. The summed E-state index contributed by atoms with van der Waals surface area (Å²) in [7, 11) is 0. The van der Waals surface area contributed by atoms with E-state index in [2.05, 4.69) is 35.1 Å². The number of furan rings is 1. The lowest BCUT2D eigenvalue weighted by molar-refractivity contribution is 0.0391. The minimum absolute atomic E-state index is 0.0129. The molecule has 5 rings (SSSR count). The van der Waals surface area contributed by atoms with Gasteiger partial charge in [0, 0.05) is 37.6 Å². The van der Waals surface area contributed by atoms with Crippen molar-refractivity contribution in [3.05, 3.63) is 82.8 Å². The number of fused-ring (bicyclic) bond motifs is 1. The van der Waals surface area contributed by atoms with Crippen molar-refractivity contribution in [2.24, 2.45) is 0 Å². The summed E-state index contributed by atoms with van der Waals surface area (Å²) >= 11 is 1.66. The predicted octanol–water partition coefficient (Wildman–Crippen LogP) is 4.64. The van der Waals surface area contributed by atoms with Crippen molar-refractivity contribution in [1.29, 1.82) is 0 Å². The summed E-state index contributed by atoms with van der Waals surface area (Å²) in [6.07, 6.45) is 1.51. The van der Waals surface area contributed by atoms with Gasteiger partial charge in [-0.3, -0.25) is 9.59 Å². The first kappa shape index (κ1) is 20.6. The number of piperazine rings is 1. The summed E-state index contributed by atoms with van der Waals surface area (Å²) in [6, 6.07) is 15.6. The molecular weight excluding hydrogens is 422 g/mol. The van der Waals surface area contributed by atoms with E-state index >= 15 is 0 Å². The highest BCUT2D eigenvalue weighted by molar-refractivity contribution is 7.16. The molecule has 1 aromatic carbocycles. The third kappa shape index (κ3) is 3.62. The first-order valence-electron chi connectivity index (χ1n) is 10.8. The third-order valence-corrected chi connectivity index (χ3v) is 7.17. The molecule has 4 heterocycles. The first-order valence-corrected chi connectivity index (χ1v) is 11.7. The largest absolute Gasteiger partial charge is 0.459 e. The number of thiophene rings is 1. The monoisotopic (exact) mass is 447 g/mol. The fourth-order valence-corrected chi connectivity index (χ4v) is 5.31. The number of amides is 2. The van der Waals surface area contributed by atoms with E-state index in [-0.39, 0.29) is 17.9 Å². The van der Waals surface area contributed by atoms with Crippen LogP contribution in [0, 0.1) is 6.92 Å². The summed E-state index contributed by atoms with van der Waals surface area (Å²) in [5.74, 6) is 0.223. The Balaban J connectivity index is 1.39. The van der Waals surface area contributed by atoms with Gasteiger partial charge in [-0.25, -0.2) is 0 Å². The summed E-state index contributed by atoms with van der Waals surface area (Å²) < 4.78 is 7.41. The standard InChI is InChI=1S/C25H25N3O3S/c1-17-6-3-4-7-20(17)16-28-21(14-19-9-13-32-25(19)28)23(29)26-10-11-27(18(2)15-26)24(30)22-8-5-12-31-22/h3-9,12-14,18H,10-11,15-16H2,1-2H3. The van der Waals surface area contributed by atoms with Crippen molar-refractivity contribution in [3.63, 3.8) is 0 Å². The molecule has 164 valence electrons. The lowest BCUT2D eigenvalue weighted by Gasteiger charge is -2.39. The molecule has 1 unspecified atom stereocenters. The maximum Gasteiger partial charge on any atom is 0.289 e. The van der Waals surface area contributed by atoms with Gasteiger partial charge in [-0.05, 0) is 54.6 Å². The molecule has 2 amide bonds. The van der Waals surface area contributed by atoms with Crippen LogP contribution >= 0.6 is 11.3 Å². The molecule has 3 aromatic heterocycles. The van der Waals surface area contributed by atoms with Gasteiger partial charge in [-0.2, -0.15) is 0 Å². The molecule has 6 nitrogen and oxygen atoms in total. The van der Waals surface area contributed by atoms with Crippen molar-refractivity contribution >= 4 is 33.4 Å². The second kappa shape index (κ2) is 8.31. The van der Waals surface area contributed by atoms with E-state index in [0.29, 0.717) is 37.6 Å². The smallest absolute Gasteiger partial charge is 0.289 e. The summed E-state index contributed by atoms with van der Waals surface area (Å²) in [5, 5.41) is 3.15. The van der Waals surface area contributed by atoms with Crippen LogP contribution in [0.25, 0.3) is 10.2 Å². The molecule has 7 heteroatoms. The minimum atomic E-state index is -0.127. The second-order valence-electron chi connectivity index (χ2n) is 8.30. The zero-order valence-corrected chi connectivity index (χ0v) is 19.0. The molecule has 4 aromatic rings. The number of rotatable bonds is 4. The SMILES string of the molecule is Cc1ccccc1Cn1c(C(=O)N2CCN(C(=O)c3ccco3)C(C)C2)cc2ccsc21. The maximum absolute atomic E-state index is 13.6. The van der Waals surface area contributed by atoms with Crippen LogP contribution in [0.3, 0.4) is 0 Å². The van der Waals surface area contributed by atoms with Crippen molar-refractivity contribution in [3.8, 4) is 0 Å². The van der Waals surface area contributed by atoms with Crippen molar-refractivity contribution in [2.45, 2.75) is 26.4 Å². The zero-order chi connectivity index (χ0) is 22.2. The molecule has 0 N–H and O–H groups in total. The van der Waals surface area contributed by atoms with E-state index in [4.69, 9.17) is 4.42 Å². The number of benzene rings is 1. The van der Waals surface area contributed by atoms with Gasteiger partial charge >= 0.3 is 0 Å². The Bertz CT molecular complexity index is 1270. The number of aromatic nitrogens is 1. The maximum atomic E-state index is 13.6. The van der Waals surface area contributed by atoms with Crippen molar-refractivity contribution in [1.82, 2.24) is 14.4 Å². The molecule has 0 saturated carbocycles. The Labute approximate surface area is 190 Å². The van der Waals surface area contributed by atoms with Crippen molar-refractivity contribution in [2.75, 3.05) is 19.6 Å². The van der Waals surface area contributed by atoms with Gasteiger partial charge in [0.25, 0.3) is 11.8 Å². The fraction of sp³-hybridized carbons (Fsp3) is 0.280. The highest BCUT2D eigenvalue weighted by Crippen LogP contribution is 2.28. The van der Waals surface area contributed by atoms with Gasteiger partial charge in [0.05, 0.1) is 6.26 Å². The molecule has 0 radical (unpaired) electrons. The molecule has 0 aliphatic carbocycles. The molecule has 1 atom stereocenters. The fourth-order valence-electron chi connectivity index (χ4n) is 4.41. The molecule has 1 saturated heterocycles. The predicted molar refractivity (Wildman–Crippen MR) is 125 cm³/mol. The van der Waals surface area contributed by atoms with Crippen LogP contribution in [0.4, 0.5) is 0 Å². The summed E-state index contributed by atoms with van der Waals surface area (Å²) in [4.78, 5) is 31.1. The Morgan fingerprint density at radius 2 is 1.94 bits per heavy atom. The van der Waals surface area contributed by atoms with Gasteiger partial charge < -0.3 is 18.8 Å². The summed E-state index contributed by atoms with van der Waals surface area (Å²) in [6.45, 7) is 6.21. The zero-order valence-electron chi connectivity index (χ0n) is 18.2. The van der Waals surface area contributed by atoms with Crippen LogP contribution in [0.2, 0.25) is 0 Å². The first-order chi connectivity index (χ1) is 15.5. The number of aryl methyl sites for hydroxylation is 1. The highest BCUT2D eigenvalue weighted by Gasteiger charge is 2.33. The molecule has 32 heavy (non-hydrogen) atoms. The highest BCUT2D eigenvalue weighted by atomic mass is 32.1. The topological polar surface area (TPSA) is 58.7 Å². The van der Waals surface area contributed by atoms with E-state index in [1.807, 2.05) is 30.0 Å². The Morgan fingerprint density at radius 3 is 2.69 bits per heavy atom. The summed E-state index contributed by atoms with van der Waals surface area (Å²) in [5.41, 5.74) is 3.12. The van der Waals surface area contributed by atoms with E-state index < -0.39 is 0 Å². The number of hydrogen-bond donors (Lipinski definition) is 0. The minimum Gasteiger partial charge on any atom is -0.459 e.